The second kappa shape index (κ2) is 7.42. The number of para-hydroxylation sites is 1. The summed E-state index contributed by atoms with van der Waals surface area (Å²) < 4.78 is 12.9. The lowest BCUT2D eigenvalue weighted by Crippen LogP contribution is -2.16. The highest BCUT2D eigenvalue weighted by Gasteiger charge is 2.18. The molecule has 2 aromatic heterocycles. The molecule has 4 rings (SSSR count). The molecule has 8 heteroatoms. The predicted molar refractivity (Wildman–Crippen MR) is 117 cm³/mol. The Hall–Kier alpha value is -3.03. The average molecular weight is 429 g/mol. The molecule has 4 aromatic rings. The number of thiophene rings is 1. The first kappa shape index (κ1) is 19.3. The van der Waals surface area contributed by atoms with E-state index in [0.717, 1.165) is 15.6 Å². The molecule has 0 aliphatic rings. The van der Waals surface area contributed by atoms with Gasteiger partial charge in [-0.3, -0.25) is 9.59 Å². The topological polar surface area (TPSA) is 69.6 Å². The van der Waals surface area contributed by atoms with Gasteiger partial charge >= 0.3 is 0 Å². The van der Waals surface area contributed by atoms with Gasteiger partial charge in [0.2, 0.25) is 0 Å². The van der Waals surface area contributed by atoms with Gasteiger partial charge in [0.25, 0.3) is 11.5 Å². The number of aryl methyl sites for hydroxylation is 1. The minimum atomic E-state index is -0.350. The van der Waals surface area contributed by atoms with Crippen LogP contribution in [0.25, 0.3) is 21.0 Å². The lowest BCUT2D eigenvalue weighted by Gasteiger charge is -2.12. The number of hydrogen-bond donors (Lipinski definition) is 1. The third kappa shape index (κ3) is 3.22. The zero-order valence-corrected chi connectivity index (χ0v) is 17.5. The molecule has 148 valence electrons. The summed E-state index contributed by atoms with van der Waals surface area (Å²) in [4.78, 5) is 26.1. The standard InChI is InChI=1S/C21H17ClN2O4S/c1-24-15-7-5-4-6-11(15)19-12(21(24)26)8-18(29-19)20(25)23-14-9-13(22)16(27-2)10-17(14)28-3/h4-10H,1-3H3,(H,23,25). The molecule has 0 fully saturated rings. The summed E-state index contributed by atoms with van der Waals surface area (Å²) >= 11 is 7.46. The van der Waals surface area contributed by atoms with E-state index in [1.807, 2.05) is 24.3 Å². The van der Waals surface area contributed by atoms with E-state index < -0.39 is 0 Å². The Balaban J connectivity index is 1.79. The van der Waals surface area contributed by atoms with Crippen molar-refractivity contribution in [1.29, 1.82) is 0 Å². The SMILES string of the molecule is COc1cc(OC)c(NC(=O)c2cc3c(=O)n(C)c4ccccc4c3s2)cc1Cl. The van der Waals surface area contributed by atoms with E-state index in [4.69, 9.17) is 21.1 Å². The van der Waals surface area contributed by atoms with Crippen molar-refractivity contribution < 1.29 is 14.3 Å². The number of hydrogen-bond acceptors (Lipinski definition) is 5. The summed E-state index contributed by atoms with van der Waals surface area (Å²) in [5, 5.41) is 4.60. The van der Waals surface area contributed by atoms with Crippen molar-refractivity contribution >= 4 is 55.5 Å². The number of aromatic nitrogens is 1. The quantitative estimate of drug-likeness (QED) is 0.512. The molecule has 6 nitrogen and oxygen atoms in total. The third-order valence-corrected chi connectivity index (χ3v) is 6.19. The number of carbonyl (C=O) groups excluding carboxylic acids is 1. The first-order chi connectivity index (χ1) is 13.9. The molecule has 0 unspecified atom stereocenters. The van der Waals surface area contributed by atoms with Gasteiger partial charge in [0.05, 0.1) is 40.7 Å². The van der Waals surface area contributed by atoms with Crippen molar-refractivity contribution in [2.24, 2.45) is 7.05 Å². The number of rotatable bonds is 4. The van der Waals surface area contributed by atoms with Crippen LogP contribution in [0.1, 0.15) is 9.67 Å². The normalized spacial score (nSPS) is 11.0. The predicted octanol–water partition coefficient (Wildman–Crippen LogP) is 4.68. The monoisotopic (exact) mass is 428 g/mol. The Bertz CT molecular complexity index is 1330. The number of anilines is 1. The largest absolute Gasteiger partial charge is 0.495 e. The van der Waals surface area contributed by atoms with Crippen molar-refractivity contribution in [2.75, 3.05) is 19.5 Å². The van der Waals surface area contributed by atoms with E-state index in [0.29, 0.717) is 32.5 Å². The first-order valence-electron chi connectivity index (χ1n) is 8.68. The molecular weight excluding hydrogens is 412 g/mol. The fourth-order valence-corrected chi connectivity index (χ4v) is 4.57. The fraction of sp³-hybridized carbons (Fsp3) is 0.143. The maximum absolute atomic E-state index is 12.9. The first-order valence-corrected chi connectivity index (χ1v) is 9.88. The highest BCUT2D eigenvalue weighted by Crippen LogP contribution is 2.37. The number of pyridine rings is 1. The number of fused-ring (bicyclic) bond motifs is 3. The lowest BCUT2D eigenvalue weighted by molar-refractivity contribution is 0.103. The van der Waals surface area contributed by atoms with Gasteiger partial charge in [0.1, 0.15) is 11.5 Å². The number of benzene rings is 2. The van der Waals surface area contributed by atoms with Gasteiger partial charge in [-0.2, -0.15) is 0 Å². The number of nitrogens with one attached hydrogen (secondary N) is 1. The zero-order valence-electron chi connectivity index (χ0n) is 15.9. The molecule has 0 radical (unpaired) electrons. The van der Waals surface area contributed by atoms with Crippen LogP contribution in [0.5, 0.6) is 11.5 Å². The minimum absolute atomic E-state index is 0.140. The fourth-order valence-electron chi connectivity index (χ4n) is 3.25. The van der Waals surface area contributed by atoms with E-state index in [9.17, 15) is 9.59 Å². The van der Waals surface area contributed by atoms with Gasteiger partial charge in [-0.05, 0) is 18.2 Å². The lowest BCUT2D eigenvalue weighted by atomic mass is 10.1. The zero-order chi connectivity index (χ0) is 20.7. The van der Waals surface area contributed by atoms with E-state index in [1.165, 1.54) is 25.6 Å². The Morgan fingerprint density at radius 2 is 1.79 bits per heavy atom. The smallest absolute Gasteiger partial charge is 0.265 e. The van der Waals surface area contributed by atoms with Crippen LogP contribution in [0.15, 0.2) is 47.3 Å². The Morgan fingerprint density at radius 3 is 2.52 bits per heavy atom. The number of methoxy groups -OCH3 is 2. The average Bonchev–Trinajstić information content (AvgIpc) is 3.18. The van der Waals surface area contributed by atoms with E-state index in [2.05, 4.69) is 5.32 Å². The van der Waals surface area contributed by atoms with Crippen LogP contribution in [0.3, 0.4) is 0 Å². The second-order valence-electron chi connectivity index (χ2n) is 6.38. The summed E-state index contributed by atoms with van der Waals surface area (Å²) in [6.07, 6.45) is 0. The van der Waals surface area contributed by atoms with Crippen LogP contribution in [-0.2, 0) is 7.05 Å². The highest BCUT2D eigenvalue weighted by molar-refractivity contribution is 7.21. The van der Waals surface area contributed by atoms with Crippen molar-refractivity contribution in [3.05, 3.63) is 62.7 Å². The summed E-state index contributed by atoms with van der Waals surface area (Å²) in [5.41, 5.74) is 1.10. The second-order valence-corrected chi connectivity index (χ2v) is 7.84. The summed E-state index contributed by atoms with van der Waals surface area (Å²) in [6, 6.07) is 12.4. The maximum Gasteiger partial charge on any atom is 0.265 e. The van der Waals surface area contributed by atoms with Gasteiger partial charge in [0.15, 0.2) is 0 Å². The maximum atomic E-state index is 12.9. The third-order valence-electron chi connectivity index (χ3n) is 4.72. The van der Waals surface area contributed by atoms with Gasteiger partial charge in [-0.25, -0.2) is 0 Å². The Labute approximate surface area is 175 Å². The molecule has 0 atom stereocenters. The van der Waals surface area contributed by atoms with Gasteiger partial charge in [0, 0.05) is 23.2 Å². The molecule has 0 saturated heterocycles. The Morgan fingerprint density at radius 1 is 1.07 bits per heavy atom. The van der Waals surface area contributed by atoms with Crippen LogP contribution in [-0.4, -0.2) is 24.7 Å². The summed E-state index contributed by atoms with van der Waals surface area (Å²) in [5.74, 6) is 0.511. The van der Waals surface area contributed by atoms with Crippen LogP contribution in [0, 0.1) is 0 Å². The molecule has 29 heavy (non-hydrogen) atoms. The molecule has 0 aliphatic heterocycles. The molecule has 1 N–H and O–H groups in total. The van der Waals surface area contributed by atoms with Crippen LogP contribution >= 0.6 is 22.9 Å². The number of nitrogens with zero attached hydrogens (tertiary/aromatic N) is 1. The Kier molecular flexibility index (Phi) is 4.94. The molecule has 2 heterocycles. The van der Waals surface area contributed by atoms with E-state index in [1.54, 1.807) is 29.8 Å². The summed E-state index contributed by atoms with van der Waals surface area (Å²) in [7, 11) is 4.72. The molecule has 0 spiro atoms. The van der Waals surface area contributed by atoms with E-state index >= 15 is 0 Å². The highest BCUT2D eigenvalue weighted by atomic mass is 35.5. The van der Waals surface area contributed by atoms with Crippen molar-refractivity contribution in [3.8, 4) is 11.5 Å². The molecule has 0 bridgehead atoms. The van der Waals surface area contributed by atoms with Crippen LogP contribution in [0.4, 0.5) is 5.69 Å². The molecule has 2 aromatic carbocycles. The number of carbonyl (C=O) groups is 1. The number of halogens is 1. The van der Waals surface area contributed by atoms with Gasteiger partial charge in [-0.1, -0.05) is 29.8 Å². The molecule has 1 amide bonds. The number of ether oxygens (including phenoxy) is 2. The van der Waals surface area contributed by atoms with Gasteiger partial charge in [-0.15, -0.1) is 11.3 Å². The van der Waals surface area contributed by atoms with Gasteiger partial charge < -0.3 is 19.4 Å². The van der Waals surface area contributed by atoms with Crippen molar-refractivity contribution in [3.63, 3.8) is 0 Å². The van der Waals surface area contributed by atoms with Crippen molar-refractivity contribution in [1.82, 2.24) is 4.57 Å². The summed E-state index contributed by atoms with van der Waals surface area (Å²) in [6.45, 7) is 0. The molecular formula is C21H17ClN2O4S. The number of amides is 1. The van der Waals surface area contributed by atoms with E-state index in [-0.39, 0.29) is 11.5 Å². The van der Waals surface area contributed by atoms with Crippen molar-refractivity contribution in [2.45, 2.75) is 0 Å². The van der Waals surface area contributed by atoms with Crippen LogP contribution < -0.4 is 20.3 Å². The molecule has 0 aliphatic carbocycles. The molecule has 0 saturated carbocycles. The minimum Gasteiger partial charge on any atom is -0.495 e. The van der Waals surface area contributed by atoms with Crippen LogP contribution in [0.2, 0.25) is 5.02 Å².